The van der Waals surface area contributed by atoms with Crippen molar-refractivity contribution in [3.8, 4) is 17.6 Å². The third kappa shape index (κ3) is 4.26. The van der Waals surface area contributed by atoms with E-state index in [9.17, 15) is 14.4 Å². The summed E-state index contributed by atoms with van der Waals surface area (Å²) in [6.07, 6.45) is 2.33. The third-order valence-corrected chi connectivity index (χ3v) is 4.10. The molecule has 0 aromatic heterocycles. The highest BCUT2D eigenvalue weighted by molar-refractivity contribution is 6.09. The van der Waals surface area contributed by atoms with E-state index in [0.29, 0.717) is 23.6 Å². The molecule has 0 saturated carbocycles. The topological polar surface area (TPSA) is 71.3 Å². The summed E-state index contributed by atoms with van der Waals surface area (Å²) in [6.45, 7) is 4.30. The molecule has 1 amide bonds. The quantitative estimate of drug-likeness (QED) is 0.639. The van der Waals surface area contributed by atoms with Gasteiger partial charge in [0.2, 0.25) is 0 Å². The van der Waals surface area contributed by atoms with Crippen LogP contribution in [0.3, 0.4) is 0 Å². The molecule has 1 N–H and O–H groups in total. The molecule has 0 fully saturated rings. The van der Waals surface area contributed by atoms with Crippen LogP contribution < -0.4 is 14.8 Å². The van der Waals surface area contributed by atoms with Crippen molar-refractivity contribution in [1.82, 2.24) is 0 Å². The molecule has 5 nitrogen and oxygen atoms in total. The van der Waals surface area contributed by atoms with E-state index in [1.165, 1.54) is 30.3 Å². The molecule has 6 heteroatoms. The molecule has 0 radical (unpaired) electrons. The number of halogens is 1. The molecular weight excluding hydrogens is 347 g/mol. The SMILES string of the molecule is CCOc1cc2c(cc1/C=C(/C#N)C(=O)Nc1ccc(F)cc1)OC(C)C2. The van der Waals surface area contributed by atoms with Gasteiger partial charge in [-0.2, -0.15) is 5.26 Å². The van der Waals surface area contributed by atoms with E-state index in [1.54, 1.807) is 6.07 Å². The summed E-state index contributed by atoms with van der Waals surface area (Å²) in [5.74, 6) is 0.337. The van der Waals surface area contributed by atoms with Crippen LogP contribution in [0.15, 0.2) is 42.0 Å². The maximum Gasteiger partial charge on any atom is 0.266 e. The van der Waals surface area contributed by atoms with Crippen LogP contribution in [0, 0.1) is 17.1 Å². The number of nitriles is 1. The first-order valence-corrected chi connectivity index (χ1v) is 8.65. The summed E-state index contributed by atoms with van der Waals surface area (Å²) in [4.78, 5) is 12.4. The Labute approximate surface area is 157 Å². The van der Waals surface area contributed by atoms with Gasteiger partial charge in [-0.1, -0.05) is 0 Å². The zero-order valence-electron chi connectivity index (χ0n) is 15.1. The van der Waals surface area contributed by atoms with E-state index in [0.717, 1.165) is 17.7 Å². The standard InChI is InChI=1S/C21H19FN2O3/c1-3-26-19-10-14-8-13(2)27-20(14)11-15(19)9-16(12-23)21(25)24-18-6-4-17(22)5-7-18/h4-7,9-11,13H,3,8H2,1-2H3,(H,24,25)/b16-9-. The number of nitrogens with one attached hydrogen (secondary N) is 1. The van der Waals surface area contributed by atoms with E-state index in [4.69, 9.17) is 9.47 Å². The molecule has 3 rings (SSSR count). The van der Waals surface area contributed by atoms with Crippen molar-refractivity contribution >= 4 is 17.7 Å². The lowest BCUT2D eigenvalue weighted by molar-refractivity contribution is -0.112. The normalized spacial score (nSPS) is 15.5. The van der Waals surface area contributed by atoms with Crippen molar-refractivity contribution in [2.24, 2.45) is 0 Å². The Morgan fingerprint density at radius 3 is 2.81 bits per heavy atom. The summed E-state index contributed by atoms with van der Waals surface area (Å²) in [7, 11) is 0. The van der Waals surface area contributed by atoms with Crippen molar-refractivity contribution in [3.63, 3.8) is 0 Å². The van der Waals surface area contributed by atoms with Gasteiger partial charge in [-0.15, -0.1) is 0 Å². The van der Waals surface area contributed by atoms with Crippen molar-refractivity contribution in [2.75, 3.05) is 11.9 Å². The van der Waals surface area contributed by atoms with Gasteiger partial charge in [0, 0.05) is 23.2 Å². The zero-order chi connectivity index (χ0) is 19.4. The molecule has 1 aliphatic heterocycles. The lowest BCUT2D eigenvalue weighted by Crippen LogP contribution is -2.13. The number of amides is 1. The van der Waals surface area contributed by atoms with Gasteiger partial charge in [0.25, 0.3) is 5.91 Å². The fourth-order valence-electron chi connectivity index (χ4n) is 2.88. The Bertz CT molecular complexity index is 930. The first kappa shape index (κ1) is 18.5. The smallest absolute Gasteiger partial charge is 0.266 e. The van der Waals surface area contributed by atoms with Gasteiger partial charge in [0.15, 0.2) is 0 Å². The molecule has 1 unspecified atom stereocenters. The van der Waals surface area contributed by atoms with Crippen LogP contribution in [0.4, 0.5) is 10.1 Å². The molecule has 0 spiro atoms. The lowest BCUT2D eigenvalue weighted by Gasteiger charge is -2.11. The Kier molecular flexibility index (Phi) is 5.41. The molecule has 0 saturated heterocycles. The largest absolute Gasteiger partial charge is 0.493 e. The molecule has 0 aliphatic carbocycles. The van der Waals surface area contributed by atoms with E-state index in [1.807, 2.05) is 26.0 Å². The van der Waals surface area contributed by atoms with Crippen LogP contribution in [0.2, 0.25) is 0 Å². The van der Waals surface area contributed by atoms with Crippen LogP contribution >= 0.6 is 0 Å². The number of ether oxygens (including phenoxy) is 2. The maximum absolute atomic E-state index is 13.0. The number of benzene rings is 2. The Hall–Kier alpha value is -3.33. The number of hydrogen-bond donors (Lipinski definition) is 1. The molecular formula is C21H19FN2O3. The number of carbonyl (C=O) groups excluding carboxylic acids is 1. The number of nitrogens with zero attached hydrogens (tertiary/aromatic N) is 1. The number of rotatable bonds is 5. The first-order valence-electron chi connectivity index (χ1n) is 8.65. The zero-order valence-corrected chi connectivity index (χ0v) is 15.1. The summed E-state index contributed by atoms with van der Waals surface area (Å²) < 4.78 is 24.4. The van der Waals surface area contributed by atoms with Crippen LogP contribution in [-0.2, 0) is 11.2 Å². The van der Waals surface area contributed by atoms with Crippen LogP contribution in [0.1, 0.15) is 25.0 Å². The van der Waals surface area contributed by atoms with Gasteiger partial charge in [-0.05, 0) is 56.3 Å². The number of hydrogen-bond acceptors (Lipinski definition) is 4. The fraction of sp³-hybridized carbons (Fsp3) is 0.238. The minimum Gasteiger partial charge on any atom is -0.493 e. The molecule has 138 valence electrons. The molecule has 0 bridgehead atoms. The number of carbonyl (C=O) groups is 1. The van der Waals surface area contributed by atoms with Gasteiger partial charge in [-0.3, -0.25) is 4.79 Å². The summed E-state index contributed by atoms with van der Waals surface area (Å²) in [5.41, 5.74) is 1.94. The van der Waals surface area contributed by atoms with Crippen molar-refractivity contribution in [1.29, 1.82) is 5.26 Å². The molecule has 1 aliphatic rings. The number of fused-ring (bicyclic) bond motifs is 1. The van der Waals surface area contributed by atoms with Gasteiger partial charge < -0.3 is 14.8 Å². The highest BCUT2D eigenvalue weighted by Gasteiger charge is 2.22. The third-order valence-electron chi connectivity index (χ3n) is 4.10. The van der Waals surface area contributed by atoms with Crippen LogP contribution in [0.5, 0.6) is 11.5 Å². The van der Waals surface area contributed by atoms with Crippen molar-refractivity contribution in [3.05, 3.63) is 58.9 Å². The fourth-order valence-corrected chi connectivity index (χ4v) is 2.88. The average Bonchev–Trinajstić information content (AvgIpc) is 3.00. The molecule has 1 atom stereocenters. The second-order valence-electron chi connectivity index (χ2n) is 6.19. The van der Waals surface area contributed by atoms with Gasteiger partial charge in [0.05, 0.1) is 6.61 Å². The summed E-state index contributed by atoms with van der Waals surface area (Å²) in [6, 6.07) is 10.9. The summed E-state index contributed by atoms with van der Waals surface area (Å²) in [5, 5.41) is 12.0. The Morgan fingerprint density at radius 2 is 2.15 bits per heavy atom. The van der Waals surface area contributed by atoms with E-state index in [2.05, 4.69) is 5.32 Å². The first-order chi connectivity index (χ1) is 13.0. The molecule has 2 aromatic carbocycles. The predicted molar refractivity (Wildman–Crippen MR) is 100 cm³/mol. The molecule has 27 heavy (non-hydrogen) atoms. The maximum atomic E-state index is 13.0. The highest BCUT2D eigenvalue weighted by atomic mass is 19.1. The molecule has 2 aromatic rings. The van der Waals surface area contributed by atoms with Crippen LogP contribution in [0.25, 0.3) is 6.08 Å². The minimum absolute atomic E-state index is 0.0749. The van der Waals surface area contributed by atoms with E-state index >= 15 is 0 Å². The highest BCUT2D eigenvalue weighted by Crippen LogP contribution is 2.36. The van der Waals surface area contributed by atoms with Crippen LogP contribution in [-0.4, -0.2) is 18.6 Å². The Morgan fingerprint density at radius 1 is 1.41 bits per heavy atom. The number of anilines is 1. The lowest BCUT2D eigenvalue weighted by atomic mass is 10.0. The monoisotopic (exact) mass is 366 g/mol. The van der Waals surface area contributed by atoms with Gasteiger partial charge in [-0.25, -0.2) is 4.39 Å². The Balaban J connectivity index is 1.90. The van der Waals surface area contributed by atoms with Gasteiger partial charge >= 0.3 is 0 Å². The van der Waals surface area contributed by atoms with E-state index in [-0.39, 0.29) is 11.7 Å². The minimum atomic E-state index is -0.582. The van der Waals surface area contributed by atoms with Gasteiger partial charge in [0.1, 0.15) is 35.1 Å². The second-order valence-corrected chi connectivity index (χ2v) is 6.19. The predicted octanol–water partition coefficient (Wildman–Crippen LogP) is 4.09. The van der Waals surface area contributed by atoms with Crippen molar-refractivity contribution in [2.45, 2.75) is 26.4 Å². The molecule has 1 heterocycles. The average molecular weight is 366 g/mol. The summed E-state index contributed by atoms with van der Waals surface area (Å²) >= 11 is 0. The van der Waals surface area contributed by atoms with Crippen molar-refractivity contribution < 1.29 is 18.7 Å². The second kappa shape index (κ2) is 7.92. The van der Waals surface area contributed by atoms with E-state index < -0.39 is 11.7 Å².